The average Bonchev–Trinajstić information content (AvgIpc) is 3.07. The van der Waals surface area contributed by atoms with Crippen molar-refractivity contribution in [3.63, 3.8) is 0 Å². The van der Waals surface area contributed by atoms with Crippen molar-refractivity contribution in [2.75, 3.05) is 20.6 Å². The first-order valence-electron chi connectivity index (χ1n) is 7.29. The van der Waals surface area contributed by atoms with E-state index in [-0.39, 0.29) is 5.91 Å². The second-order valence-electron chi connectivity index (χ2n) is 5.82. The minimum absolute atomic E-state index is 0.187. The molecule has 2 heterocycles. The maximum absolute atomic E-state index is 12.3. The SMILES string of the molecule is CN(Cc1ccc2nonc2c1)C(=O)C[C@H]1CCCN1C. The molecule has 1 amide bonds. The van der Waals surface area contributed by atoms with Gasteiger partial charge >= 0.3 is 0 Å². The summed E-state index contributed by atoms with van der Waals surface area (Å²) < 4.78 is 4.69. The van der Waals surface area contributed by atoms with Gasteiger partial charge in [-0.05, 0) is 54.4 Å². The molecule has 2 aromatic rings. The largest absolute Gasteiger partial charge is 0.341 e. The Morgan fingerprint density at radius 2 is 2.24 bits per heavy atom. The maximum Gasteiger partial charge on any atom is 0.224 e. The molecule has 0 saturated carbocycles. The number of carbonyl (C=O) groups excluding carboxylic acids is 1. The third-order valence-electron chi connectivity index (χ3n) is 4.25. The number of likely N-dealkylation sites (tertiary alicyclic amines) is 1. The van der Waals surface area contributed by atoms with Crippen LogP contribution < -0.4 is 0 Å². The molecule has 3 rings (SSSR count). The Morgan fingerprint density at radius 3 is 3.00 bits per heavy atom. The number of rotatable bonds is 4. The lowest BCUT2D eigenvalue weighted by Crippen LogP contribution is -2.34. The highest BCUT2D eigenvalue weighted by atomic mass is 16.6. The Labute approximate surface area is 123 Å². The van der Waals surface area contributed by atoms with Crippen molar-refractivity contribution in [2.24, 2.45) is 0 Å². The van der Waals surface area contributed by atoms with Gasteiger partial charge in [-0.2, -0.15) is 0 Å². The minimum atomic E-state index is 0.187. The van der Waals surface area contributed by atoms with Crippen LogP contribution in [0.5, 0.6) is 0 Å². The van der Waals surface area contributed by atoms with Gasteiger partial charge in [0.15, 0.2) is 0 Å². The fraction of sp³-hybridized carbons (Fsp3) is 0.533. The van der Waals surface area contributed by atoms with Gasteiger partial charge in [0.1, 0.15) is 11.0 Å². The van der Waals surface area contributed by atoms with Gasteiger partial charge in [-0.15, -0.1) is 0 Å². The quantitative estimate of drug-likeness (QED) is 0.856. The summed E-state index contributed by atoms with van der Waals surface area (Å²) in [6, 6.07) is 6.13. The molecule has 0 N–H and O–H groups in total. The van der Waals surface area contributed by atoms with E-state index in [1.165, 1.54) is 6.42 Å². The highest BCUT2D eigenvalue weighted by molar-refractivity contribution is 5.77. The van der Waals surface area contributed by atoms with Crippen LogP contribution in [0.1, 0.15) is 24.8 Å². The zero-order chi connectivity index (χ0) is 14.8. The van der Waals surface area contributed by atoms with E-state index in [9.17, 15) is 4.79 Å². The molecule has 0 aliphatic carbocycles. The van der Waals surface area contributed by atoms with Crippen LogP contribution in [0.4, 0.5) is 0 Å². The van der Waals surface area contributed by atoms with E-state index in [0.717, 1.165) is 29.6 Å². The van der Waals surface area contributed by atoms with E-state index >= 15 is 0 Å². The fourth-order valence-electron chi connectivity index (χ4n) is 2.88. The fourth-order valence-corrected chi connectivity index (χ4v) is 2.88. The molecular weight excluding hydrogens is 268 g/mol. The Balaban J connectivity index is 1.61. The van der Waals surface area contributed by atoms with Crippen molar-refractivity contribution >= 4 is 16.9 Å². The van der Waals surface area contributed by atoms with Gasteiger partial charge in [-0.1, -0.05) is 6.07 Å². The highest BCUT2D eigenvalue weighted by Gasteiger charge is 2.24. The molecule has 112 valence electrons. The number of nitrogens with zero attached hydrogens (tertiary/aromatic N) is 4. The molecule has 21 heavy (non-hydrogen) atoms. The summed E-state index contributed by atoms with van der Waals surface area (Å²) in [5.41, 5.74) is 2.50. The summed E-state index contributed by atoms with van der Waals surface area (Å²) >= 11 is 0. The molecule has 1 aromatic carbocycles. The topological polar surface area (TPSA) is 62.5 Å². The summed E-state index contributed by atoms with van der Waals surface area (Å²) in [5.74, 6) is 0.187. The first-order valence-corrected chi connectivity index (χ1v) is 7.29. The summed E-state index contributed by atoms with van der Waals surface area (Å²) in [7, 11) is 3.94. The van der Waals surface area contributed by atoms with Crippen LogP contribution in [0.3, 0.4) is 0 Å². The van der Waals surface area contributed by atoms with Crippen molar-refractivity contribution < 1.29 is 9.42 Å². The monoisotopic (exact) mass is 288 g/mol. The van der Waals surface area contributed by atoms with Gasteiger partial charge in [0.05, 0.1) is 0 Å². The second-order valence-corrected chi connectivity index (χ2v) is 5.82. The van der Waals surface area contributed by atoms with Gasteiger partial charge in [-0.3, -0.25) is 4.79 Å². The van der Waals surface area contributed by atoms with Crippen molar-refractivity contribution in [3.05, 3.63) is 23.8 Å². The predicted octanol–water partition coefficient (Wildman–Crippen LogP) is 1.67. The molecule has 0 bridgehead atoms. The molecule has 1 saturated heterocycles. The number of fused-ring (bicyclic) bond motifs is 1. The summed E-state index contributed by atoms with van der Waals surface area (Å²) in [6.45, 7) is 1.68. The maximum atomic E-state index is 12.3. The Hall–Kier alpha value is -1.95. The number of aromatic nitrogens is 2. The highest BCUT2D eigenvalue weighted by Crippen LogP contribution is 2.19. The predicted molar refractivity (Wildman–Crippen MR) is 78.5 cm³/mol. The summed E-state index contributed by atoms with van der Waals surface area (Å²) in [5, 5.41) is 7.61. The molecule has 0 spiro atoms. The molecule has 6 heteroatoms. The number of amides is 1. The average molecular weight is 288 g/mol. The zero-order valence-electron chi connectivity index (χ0n) is 12.5. The summed E-state index contributed by atoms with van der Waals surface area (Å²) in [6.07, 6.45) is 2.90. The van der Waals surface area contributed by atoms with Crippen LogP contribution in [0, 0.1) is 0 Å². The van der Waals surface area contributed by atoms with Crippen molar-refractivity contribution in [1.29, 1.82) is 0 Å². The number of hydrogen-bond donors (Lipinski definition) is 0. The molecule has 1 fully saturated rings. The normalized spacial score (nSPS) is 19.2. The van der Waals surface area contributed by atoms with Crippen LogP contribution in [-0.2, 0) is 11.3 Å². The molecule has 1 aliphatic heterocycles. The first-order chi connectivity index (χ1) is 10.1. The van der Waals surface area contributed by atoms with E-state index < -0.39 is 0 Å². The van der Waals surface area contributed by atoms with Crippen LogP contribution >= 0.6 is 0 Å². The molecule has 0 unspecified atom stereocenters. The van der Waals surface area contributed by atoms with Crippen LogP contribution in [0.25, 0.3) is 11.0 Å². The van der Waals surface area contributed by atoms with E-state index in [1.807, 2.05) is 25.2 Å². The van der Waals surface area contributed by atoms with Crippen molar-refractivity contribution in [3.8, 4) is 0 Å². The number of carbonyl (C=O) groups is 1. The van der Waals surface area contributed by atoms with Crippen LogP contribution in [0.15, 0.2) is 22.8 Å². The van der Waals surface area contributed by atoms with Crippen LogP contribution in [-0.4, -0.2) is 52.7 Å². The first kappa shape index (κ1) is 14.0. The number of benzene rings is 1. The lowest BCUT2D eigenvalue weighted by molar-refractivity contribution is -0.131. The minimum Gasteiger partial charge on any atom is -0.341 e. The second kappa shape index (κ2) is 5.81. The smallest absolute Gasteiger partial charge is 0.224 e. The summed E-state index contributed by atoms with van der Waals surface area (Å²) in [4.78, 5) is 16.4. The molecule has 1 aromatic heterocycles. The Morgan fingerprint density at radius 1 is 1.43 bits per heavy atom. The third kappa shape index (κ3) is 3.05. The zero-order valence-corrected chi connectivity index (χ0v) is 12.5. The van der Waals surface area contributed by atoms with Gasteiger partial charge in [0.2, 0.25) is 5.91 Å². The van der Waals surface area contributed by atoms with E-state index in [0.29, 0.717) is 19.0 Å². The van der Waals surface area contributed by atoms with E-state index in [1.54, 1.807) is 4.90 Å². The van der Waals surface area contributed by atoms with E-state index in [4.69, 9.17) is 0 Å². The molecule has 1 aliphatic rings. The Bertz CT molecular complexity index is 639. The van der Waals surface area contributed by atoms with Gasteiger partial charge in [-0.25, -0.2) is 4.63 Å². The lowest BCUT2D eigenvalue weighted by Gasteiger charge is -2.23. The van der Waals surface area contributed by atoms with Crippen LogP contribution in [0.2, 0.25) is 0 Å². The van der Waals surface area contributed by atoms with Gasteiger partial charge in [0, 0.05) is 26.1 Å². The molecule has 0 radical (unpaired) electrons. The standard InChI is InChI=1S/C15H20N4O2/c1-18-7-3-4-12(18)9-15(20)19(2)10-11-5-6-13-14(8-11)17-21-16-13/h5-6,8,12H,3-4,7,9-10H2,1-2H3/t12-/m1/s1. The molecule has 6 nitrogen and oxygen atoms in total. The van der Waals surface area contributed by atoms with Crippen molar-refractivity contribution in [1.82, 2.24) is 20.1 Å². The number of hydrogen-bond acceptors (Lipinski definition) is 5. The van der Waals surface area contributed by atoms with Gasteiger partial charge < -0.3 is 9.80 Å². The van der Waals surface area contributed by atoms with Crippen molar-refractivity contribution in [2.45, 2.75) is 31.8 Å². The van der Waals surface area contributed by atoms with E-state index in [2.05, 4.69) is 26.9 Å². The third-order valence-corrected chi connectivity index (χ3v) is 4.25. The molecule has 1 atom stereocenters. The van der Waals surface area contributed by atoms with Gasteiger partial charge in [0.25, 0.3) is 0 Å². The molecular formula is C15H20N4O2. The Kier molecular flexibility index (Phi) is 3.88. The lowest BCUT2D eigenvalue weighted by atomic mass is 10.1.